The smallest absolute Gasteiger partial charge is 0.261 e. The van der Waals surface area contributed by atoms with Crippen LogP contribution in [-0.4, -0.2) is 24.3 Å². The molecule has 128 valence electrons. The maximum Gasteiger partial charge on any atom is 0.261 e. The number of halogens is 1. The van der Waals surface area contributed by atoms with E-state index < -0.39 is 6.10 Å². The first-order chi connectivity index (χ1) is 11.7. The Kier molecular flexibility index (Phi) is 7.99. The van der Waals surface area contributed by atoms with Crippen molar-refractivity contribution in [3.8, 4) is 5.75 Å². The highest BCUT2D eigenvalue weighted by atomic mass is 35.5. The van der Waals surface area contributed by atoms with Gasteiger partial charge in [0.1, 0.15) is 5.75 Å². The van der Waals surface area contributed by atoms with Crippen LogP contribution in [-0.2, 0) is 10.5 Å². The molecule has 1 N–H and O–H groups in total. The molecule has 1 atom stereocenters. The van der Waals surface area contributed by atoms with Crippen molar-refractivity contribution in [1.82, 2.24) is 5.32 Å². The first kappa shape index (κ1) is 18.7. The van der Waals surface area contributed by atoms with Crippen LogP contribution in [0.1, 0.15) is 18.9 Å². The zero-order valence-corrected chi connectivity index (χ0v) is 15.3. The Labute approximate surface area is 152 Å². The molecule has 0 aromatic heterocycles. The predicted molar refractivity (Wildman–Crippen MR) is 102 cm³/mol. The van der Waals surface area contributed by atoms with E-state index in [0.717, 1.165) is 22.3 Å². The van der Waals surface area contributed by atoms with Gasteiger partial charge in [0.05, 0.1) is 0 Å². The van der Waals surface area contributed by atoms with Crippen LogP contribution in [0.25, 0.3) is 0 Å². The molecule has 0 heterocycles. The van der Waals surface area contributed by atoms with E-state index in [0.29, 0.717) is 13.0 Å². The van der Waals surface area contributed by atoms with Gasteiger partial charge in [-0.1, -0.05) is 48.9 Å². The fourth-order valence-corrected chi connectivity index (χ4v) is 3.06. The van der Waals surface area contributed by atoms with E-state index >= 15 is 0 Å². The second-order valence-corrected chi connectivity index (χ2v) is 6.84. The maximum absolute atomic E-state index is 12.2. The average molecular weight is 364 g/mol. The molecule has 0 unspecified atom stereocenters. The summed E-state index contributed by atoms with van der Waals surface area (Å²) in [7, 11) is 0. The number of hydrogen-bond acceptors (Lipinski definition) is 3. The maximum atomic E-state index is 12.2. The number of thioether (sulfide) groups is 1. The number of para-hydroxylation sites is 1. The van der Waals surface area contributed by atoms with Crippen LogP contribution in [0.5, 0.6) is 5.75 Å². The zero-order chi connectivity index (χ0) is 17.2. The van der Waals surface area contributed by atoms with Crippen LogP contribution < -0.4 is 10.1 Å². The molecule has 0 bridgehead atoms. The van der Waals surface area contributed by atoms with E-state index in [4.69, 9.17) is 16.3 Å². The lowest BCUT2D eigenvalue weighted by Crippen LogP contribution is -2.39. The van der Waals surface area contributed by atoms with Crippen molar-refractivity contribution in [2.24, 2.45) is 0 Å². The van der Waals surface area contributed by atoms with Gasteiger partial charge in [0.15, 0.2) is 6.10 Å². The number of ether oxygens (including phenoxy) is 1. The molecule has 2 rings (SSSR count). The molecule has 3 nitrogen and oxygen atoms in total. The Hall–Kier alpha value is -1.65. The summed E-state index contributed by atoms with van der Waals surface area (Å²) >= 11 is 7.64. The van der Waals surface area contributed by atoms with Crippen LogP contribution >= 0.6 is 23.4 Å². The van der Waals surface area contributed by atoms with Gasteiger partial charge in [-0.25, -0.2) is 0 Å². The molecular weight excluding hydrogens is 342 g/mol. The van der Waals surface area contributed by atoms with Gasteiger partial charge in [0.25, 0.3) is 5.91 Å². The second kappa shape index (κ2) is 10.3. The van der Waals surface area contributed by atoms with Gasteiger partial charge >= 0.3 is 0 Å². The summed E-state index contributed by atoms with van der Waals surface area (Å²) in [6.07, 6.45) is 0.187. The van der Waals surface area contributed by atoms with Crippen molar-refractivity contribution in [2.45, 2.75) is 25.2 Å². The highest BCUT2D eigenvalue weighted by Gasteiger charge is 2.17. The Balaban J connectivity index is 1.66. The van der Waals surface area contributed by atoms with Gasteiger partial charge in [0.2, 0.25) is 0 Å². The summed E-state index contributed by atoms with van der Waals surface area (Å²) < 4.78 is 5.73. The van der Waals surface area contributed by atoms with E-state index in [9.17, 15) is 4.79 Å². The summed E-state index contributed by atoms with van der Waals surface area (Å²) in [6.45, 7) is 2.58. The third kappa shape index (κ3) is 6.46. The number of rotatable bonds is 9. The third-order valence-corrected chi connectivity index (χ3v) is 4.69. The first-order valence-electron chi connectivity index (χ1n) is 8.00. The molecule has 2 aromatic carbocycles. The number of hydrogen-bond donors (Lipinski definition) is 1. The average Bonchev–Trinajstić information content (AvgIpc) is 2.61. The molecule has 0 fully saturated rings. The van der Waals surface area contributed by atoms with Crippen LogP contribution in [0.4, 0.5) is 0 Å². The topological polar surface area (TPSA) is 38.3 Å². The monoisotopic (exact) mass is 363 g/mol. The predicted octanol–water partition coefficient (Wildman–Crippen LogP) is 4.55. The molecule has 0 aliphatic rings. The number of nitrogens with one attached hydrogen (secondary N) is 1. The minimum atomic E-state index is -0.450. The molecule has 0 radical (unpaired) electrons. The first-order valence-corrected chi connectivity index (χ1v) is 9.54. The number of carbonyl (C=O) groups is 1. The molecular formula is C19H22ClNO2S. The van der Waals surface area contributed by atoms with E-state index in [1.54, 1.807) is 11.8 Å². The van der Waals surface area contributed by atoms with Gasteiger partial charge in [-0.15, -0.1) is 0 Å². The van der Waals surface area contributed by atoms with Crippen molar-refractivity contribution in [2.75, 3.05) is 12.3 Å². The summed E-state index contributed by atoms with van der Waals surface area (Å²) in [5, 5.41) is 3.69. The number of amides is 1. The van der Waals surface area contributed by atoms with Crippen molar-refractivity contribution in [3.63, 3.8) is 0 Å². The lowest BCUT2D eigenvalue weighted by Gasteiger charge is -2.17. The summed E-state index contributed by atoms with van der Waals surface area (Å²) in [4.78, 5) is 12.2. The molecule has 0 aliphatic heterocycles. The van der Waals surface area contributed by atoms with Crippen LogP contribution in [0.15, 0.2) is 54.6 Å². The SMILES string of the molecule is CC[C@H](Oc1ccccc1)C(=O)NCCSCc1ccc(Cl)cc1. The Morgan fingerprint density at radius 3 is 2.54 bits per heavy atom. The largest absolute Gasteiger partial charge is 0.481 e. The quantitative estimate of drug-likeness (QED) is 0.664. The molecule has 24 heavy (non-hydrogen) atoms. The molecule has 0 saturated heterocycles. The third-order valence-electron chi connectivity index (χ3n) is 3.41. The van der Waals surface area contributed by atoms with Crippen molar-refractivity contribution < 1.29 is 9.53 Å². The Morgan fingerprint density at radius 1 is 1.17 bits per heavy atom. The van der Waals surface area contributed by atoms with Gasteiger partial charge in [-0.2, -0.15) is 11.8 Å². The minimum Gasteiger partial charge on any atom is -0.481 e. The van der Waals surface area contributed by atoms with E-state index in [1.165, 1.54) is 5.56 Å². The van der Waals surface area contributed by atoms with E-state index in [1.807, 2.05) is 61.5 Å². The molecule has 0 aliphatic carbocycles. The normalized spacial score (nSPS) is 11.8. The summed E-state index contributed by atoms with van der Waals surface area (Å²) in [5.41, 5.74) is 1.23. The highest BCUT2D eigenvalue weighted by Crippen LogP contribution is 2.15. The highest BCUT2D eigenvalue weighted by molar-refractivity contribution is 7.98. The van der Waals surface area contributed by atoms with Crippen molar-refractivity contribution in [3.05, 3.63) is 65.2 Å². The molecule has 5 heteroatoms. The van der Waals surface area contributed by atoms with Gasteiger partial charge in [-0.05, 0) is 36.2 Å². The number of carbonyl (C=O) groups excluding carboxylic acids is 1. The molecule has 1 amide bonds. The van der Waals surface area contributed by atoms with Gasteiger partial charge in [-0.3, -0.25) is 4.79 Å². The fourth-order valence-electron chi connectivity index (χ4n) is 2.12. The number of benzene rings is 2. The van der Waals surface area contributed by atoms with Crippen LogP contribution in [0, 0.1) is 0 Å². The van der Waals surface area contributed by atoms with Crippen LogP contribution in [0.3, 0.4) is 0 Å². The zero-order valence-electron chi connectivity index (χ0n) is 13.7. The Bertz CT molecular complexity index is 619. The lowest BCUT2D eigenvalue weighted by atomic mass is 10.2. The molecule has 2 aromatic rings. The minimum absolute atomic E-state index is 0.0616. The van der Waals surface area contributed by atoms with Crippen molar-refractivity contribution >= 4 is 29.3 Å². The summed E-state index contributed by atoms with van der Waals surface area (Å²) in [5.74, 6) is 2.42. The molecule has 0 saturated carbocycles. The molecule has 0 spiro atoms. The Morgan fingerprint density at radius 2 is 1.88 bits per heavy atom. The van der Waals surface area contributed by atoms with Gasteiger partial charge < -0.3 is 10.1 Å². The van der Waals surface area contributed by atoms with E-state index in [2.05, 4.69) is 5.32 Å². The lowest BCUT2D eigenvalue weighted by molar-refractivity contribution is -0.127. The van der Waals surface area contributed by atoms with Gasteiger partial charge in [0, 0.05) is 23.1 Å². The second-order valence-electron chi connectivity index (χ2n) is 5.30. The van der Waals surface area contributed by atoms with E-state index in [-0.39, 0.29) is 5.91 Å². The standard InChI is InChI=1S/C19H22ClNO2S/c1-2-18(23-17-6-4-3-5-7-17)19(22)21-12-13-24-14-15-8-10-16(20)11-9-15/h3-11,18H,2,12-14H2,1H3,(H,21,22)/t18-/m0/s1. The summed E-state index contributed by atoms with van der Waals surface area (Å²) in [6, 6.07) is 17.3. The van der Waals surface area contributed by atoms with Crippen molar-refractivity contribution in [1.29, 1.82) is 0 Å². The van der Waals surface area contributed by atoms with Crippen LogP contribution in [0.2, 0.25) is 5.02 Å². The fraction of sp³-hybridized carbons (Fsp3) is 0.316.